The third-order valence-electron chi connectivity index (χ3n) is 3.25. The molecule has 8 heteroatoms. The molecule has 2 aromatic rings. The highest BCUT2D eigenvalue weighted by molar-refractivity contribution is 5.50. The summed E-state index contributed by atoms with van der Waals surface area (Å²) in [6, 6.07) is 7.31. The summed E-state index contributed by atoms with van der Waals surface area (Å²) in [5.41, 5.74) is 0.121. The number of aromatic nitrogens is 2. The van der Waals surface area contributed by atoms with Crippen LogP contribution in [0.2, 0.25) is 0 Å². The summed E-state index contributed by atoms with van der Waals surface area (Å²) in [6.45, 7) is 0.532. The van der Waals surface area contributed by atoms with Gasteiger partial charge in [-0.25, -0.2) is 4.98 Å². The fourth-order valence-electron chi connectivity index (χ4n) is 2.12. The minimum absolute atomic E-state index is 0.121. The molecule has 1 N–H and O–H groups in total. The van der Waals surface area contributed by atoms with Crippen LogP contribution in [0.3, 0.4) is 0 Å². The maximum Gasteiger partial charge on any atom is 0.416 e. The Labute approximate surface area is 130 Å². The van der Waals surface area contributed by atoms with Crippen molar-refractivity contribution in [1.29, 1.82) is 0 Å². The molecule has 0 aliphatic carbocycles. The van der Waals surface area contributed by atoms with Gasteiger partial charge in [-0.1, -0.05) is 6.07 Å². The zero-order valence-corrected chi connectivity index (χ0v) is 11.9. The van der Waals surface area contributed by atoms with Crippen molar-refractivity contribution in [2.75, 3.05) is 11.9 Å². The van der Waals surface area contributed by atoms with Crippen LogP contribution in [-0.4, -0.2) is 22.9 Å². The minimum atomic E-state index is -4.46. The molecule has 5 nitrogen and oxygen atoms in total. The number of ether oxygens (including phenoxy) is 1. The maximum atomic E-state index is 13.1. The first-order valence-electron chi connectivity index (χ1n) is 6.89. The highest BCUT2D eigenvalue weighted by Gasteiger charge is 2.33. The molecule has 0 saturated heterocycles. The van der Waals surface area contributed by atoms with E-state index in [0.29, 0.717) is 5.69 Å². The van der Waals surface area contributed by atoms with E-state index >= 15 is 0 Å². The van der Waals surface area contributed by atoms with Gasteiger partial charge in [-0.05, 0) is 24.3 Å². The molecule has 3 heterocycles. The van der Waals surface area contributed by atoms with Crippen LogP contribution in [0.4, 0.5) is 19.0 Å². The fourth-order valence-corrected chi connectivity index (χ4v) is 2.12. The summed E-state index contributed by atoms with van der Waals surface area (Å²) in [5, 5.41) is 2.87. The monoisotopic (exact) mass is 322 g/mol. The summed E-state index contributed by atoms with van der Waals surface area (Å²) in [6.07, 6.45) is -2.20. The van der Waals surface area contributed by atoms with Crippen LogP contribution >= 0.6 is 0 Å². The molecule has 120 valence electrons. The van der Waals surface area contributed by atoms with Crippen LogP contribution in [0.5, 0.6) is 0 Å². The molecule has 0 amide bonds. The van der Waals surface area contributed by atoms with Crippen molar-refractivity contribution < 1.29 is 17.9 Å². The molecule has 0 bridgehead atoms. The second-order valence-corrected chi connectivity index (χ2v) is 4.93. The Hall–Kier alpha value is -2.64. The Bertz CT molecular complexity index is 696. The Balaban J connectivity index is 1.84. The van der Waals surface area contributed by atoms with Gasteiger partial charge in [0, 0.05) is 6.20 Å². The van der Waals surface area contributed by atoms with Crippen molar-refractivity contribution in [3.8, 4) is 0 Å². The van der Waals surface area contributed by atoms with Gasteiger partial charge in [0.25, 0.3) is 0 Å². The van der Waals surface area contributed by atoms with E-state index in [4.69, 9.17) is 4.74 Å². The Kier molecular flexibility index (Phi) is 4.14. The number of hydrogen-bond acceptors (Lipinski definition) is 5. The lowest BCUT2D eigenvalue weighted by Crippen LogP contribution is -2.13. The number of aliphatic imine (C=N–C) groups is 1. The fraction of sp³-hybridized carbons (Fsp3) is 0.267. The van der Waals surface area contributed by atoms with Crippen molar-refractivity contribution in [3.05, 3.63) is 53.5 Å². The first kappa shape index (κ1) is 15.3. The highest BCUT2D eigenvalue weighted by Crippen LogP contribution is 2.33. The molecule has 1 unspecified atom stereocenters. The highest BCUT2D eigenvalue weighted by atomic mass is 19.4. The Morgan fingerprint density at radius 2 is 2.13 bits per heavy atom. The van der Waals surface area contributed by atoms with Gasteiger partial charge < -0.3 is 10.1 Å². The summed E-state index contributed by atoms with van der Waals surface area (Å²) < 4.78 is 44.3. The van der Waals surface area contributed by atoms with Gasteiger partial charge in [0.15, 0.2) is 12.5 Å². The van der Waals surface area contributed by atoms with Crippen LogP contribution in [0.1, 0.15) is 23.1 Å². The van der Waals surface area contributed by atoms with E-state index in [0.717, 1.165) is 12.1 Å². The molecular formula is C15H13F3N4O. The number of pyridine rings is 2. The second-order valence-electron chi connectivity index (χ2n) is 4.93. The zero-order valence-electron chi connectivity index (χ0n) is 11.9. The van der Waals surface area contributed by atoms with E-state index in [1.165, 1.54) is 6.40 Å². The first-order valence-corrected chi connectivity index (χ1v) is 6.89. The second kappa shape index (κ2) is 6.23. The molecule has 1 atom stereocenters. The van der Waals surface area contributed by atoms with E-state index in [1.54, 1.807) is 24.4 Å². The largest absolute Gasteiger partial charge is 0.472 e. The van der Waals surface area contributed by atoms with Crippen LogP contribution in [-0.2, 0) is 17.5 Å². The zero-order chi connectivity index (χ0) is 16.3. The average Bonchev–Trinajstić information content (AvgIpc) is 3.07. The summed E-state index contributed by atoms with van der Waals surface area (Å²) in [7, 11) is 0. The average molecular weight is 322 g/mol. The molecule has 0 radical (unpaired) electrons. The molecule has 0 saturated carbocycles. The van der Waals surface area contributed by atoms with Gasteiger partial charge in [-0.2, -0.15) is 13.2 Å². The molecule has 1 aliphatic heterocycles. The number of alkyl halides is 3. The van der Waals surface area contributed by atoms with Gasteiger partial charge >= 0.3 is 6.18 Å². The van der Waals surface area contributed by atoms with E-state index < -0.39 is 17.8 Å². The molecule has 2 aromatic heterocycles. The summed E-state index contributed by atoms with van der Waals surface area (Å²) in [5.74, 6) is 0.121. The first-order chi connectivity index (χ1) is 11.0. The standard InChI is InChI=1S/C15H13F3N4O/c16-15(17,18)10-5-12(13-8-19-9-23-13)22-14(6-10)21-7-11-3-1-2-4-20-11/h1-6,9,13H,7-8H2,(H,21,22). The van der Waals surface area contributed by atoms with Crippen molar-refractivity contribution in [3.63, 3.8) is 0 Å². The van der Waals surface area contributed by atoms with Crippen molar-refractivity contribution in [2.24, 2.45) is 4.99 Å². The third kappa shape index (κ3) is 3.77. The van der Waals surface area contributed by atoms with E-state index in [-0.39, 0.29) is 24.6 Å². The lowest BCUT2D eigenvalue weighted by molar-refractivity contribution is -0.137. The van der Waals surface area contributed by atoms with Crippen LogP contribution in [0.15, 0.2) is 41.5 Å². The third-order valence-corrected chi connectivity index (χ3v) is 3.25. The minimum Gasteiger partial charge on any atom is -0.472 e. The number of halogens is 3. The van der Waals surface area contributed by atoms with Gasteiger partial charge in [0.2, 0.25) is 0 Å². The van der Waals surface area contributed by atoms with Gasteiger partial charge in [-0.3, -0.25) is 9.98 Å². The number of nitrogens with one attached hydrogen (secondary N) is 1. The topological polar surface area (TPSA) is 59.4 Å². The van der Waals surface area contributed by atoms with Crippen LogP contribution in [0, 0.1) is 0 Å². The predicted octanol–water partition coefficient (Wildman–Crippen LogP) is 3.21. The van der Waals surface area contributed by atoms with Crippen LogP contribution < -0.4 is 5.32 Å². The molecular weight excluding hydrogens is 309 g/mol. The number of anilines is 1. The summed E-state index contributed by atoms with van der Waals surface area (Å²) >= 11 is 0. The van der Waals surface area contributed by atoms with E-state index in [9.17, 15) is 13.2 Å². The maximum absolute atomic E-state index is 13.1. The summed E-state index contributed by atoms with van der Waals surface area (Å²) in [4.78, 5) is 12.2. The lowest BCUT2D eigenvalue weighted by atomic mass is 10.1. The smallest absolute Gasteiger partial charge is 0.416 e. The normalized spacial score (nSPS) is 17.1. The number of nitrogens with zero attached hydrogens (tertiary/aromatic N) is 3. The van der Waals surface area contributed by atoms with Gasteiger partial charge in [0.05, 0.1) is 30.0 Å². The van der Waals surface area contributed by atoms with E-state index in [1.807, 2.05) is 0 Å². The predicted molar refractivity (Wildman–Crippen MR) is 78.0 cm³/mol. The molecule has 3 rings (SSSR count). The molecule has 23 heavy (non-hydrogen) atoms. The lowest BCUT2D eigenvalue weighted by Gasteiger charge is -2.15. The molecule has 0 aromatic carbocycles. The molecule has 1 aliphatic rings. The molecule has 0 fully saturated rings. The number of hydrogen-bond donors (Lipinski definition) is 1. The Morgan fingerprint density at radius 3 is 2.78 bits per heavy atom. The molecule has 0 spiro atoms. The van der Waals surface area contributed by atoms with Gasteiger partial charge in [0.1, 0.15) is 5.82 Å². The van der Waals surface area contributed by atoms with E-state index in [2.05, 4.69) is 20.3 Å². The van der Waals surface area contributed by atoms with Gasteiger partial charge in [-0.15, -0.1) is 0 Å². The number of rotatable bonds is 4. The Morgan fingerprint density at radius 1 is 1.26 bits per heavy atom. The van der Waals surface area contributed by atoms with Crippen LogP contribution in [0.25, 0.3) is 0 Å². The SMILES string of the molecule is FC(F)(F)c1cc(NCc2ccccn2)nc(C2CN=CO2)c1. The van der Waals surface area contributed by atoms with Crippen molar-refractivity contribution in [2.45, 2.75) is 18.8 Å². The quantitative estimate of drug-likeness (QED) is 0.939. The van der Waals surface area contributed by atoms with Crippen molar-refractivity contribution >= 4 is 12.2 Å². The van der Waals surface area contributed by atoms with Crippen molar-refractivity contribution in [1.82, 2.24) is 9.97 Å².